The van der Waals surface area contributed by atoms with E-state index < -0.39 is 7.12 Å². The molecule has 0 amide bonds. The van der Waals surface area contributed by atoms with E-state index in [1.807, 2.05) is 19.1 Å². The Kier molecular flexibility index (Phi) is 5.40. The highest BCUT2D eigenvalue weighted by molar-refractivity contribution is 6.58. The van der Waals surface area contributed by atoms with Gasteiger partial charge in [0.1, 0.15) is 0 Å². The van der Waals surface area contributed by atoms with Gasteiger partial charge in [-0.05, 0) is 30.8 Å². The van der Waals surface area contributed by atoms with Crippen LogP contribution >= 0.6 is 0 Å². The van der Waals surface area contributed by atoms with Crippen molar-refractivity contribution in [2.24, 2.45) is 0 Å². The van der Waals surface area contributed by atoms with Gasteiger partial charge in [-0.25, -0.2) is 0 Å². The number of rotatable bonds is 5. The van der Waals surface area contributed by atoms with Gasteiger partial charge in [0.15, 0.2) is 0 Å². The van der Waals surface area contributed by atoms with E-state index in [0.29, 0.717) is 11.6 Å². The lowest BCUT2D eigenvalue weighted by molar-refractivity contribution is 0.0125. The molecule has 2 N–H and O–H groups in total. The van der Waals surface area contributed by atoms with Gasteiger partial charge < -0.3 is 14.8 Å². The molecule has 0 aliphatic carbocycles. The van der Waals surface area contributed by atoms with Gasteiger partial charge in [0.2, 0.25) is 0 Å². The number of benzene rings is 1. The Morgan fingerprint density at radius 3 is 2.37 bits per heavy atom. The summed E-state index contributed by atoms with van der Waals surface area (Å²) >= 11 is 0. The lowest BCUT2D eigenvalue weighted by Crippen LogP contribution is -2.36. The number of nitrogens with zero attached hydrogens (tertiary/aromatic N) is 1. The number of hydrogen-bond acceptors (Lipinski definition) is 4. The monoisotopic (exact) mass is 263 g/mol. The Balaban J connectivity index is 1.82. The van der Waals surface area contributed by atoms with Gasteiger partial charge in [-0.3, -0.25) is 4.90 Å². The molecule has 1 saturated heterocycles. The summed E-state index contributed by atoms with van der Waals surface area (Å²) in [6, 6.07) is 7.46. The van der Waals surface area contributed by atoms with Crippen LogP contribution in [-0.2, 0) is 11.3 Å². The number of likely N-dealkylation sites (tertiary alicyclic amines) is 1. The minimum absolute atomic E-state index is 0.424. The fourth-order valence-corrected chi connectivity index (χ4v) is 2.52. The van der Waals surface area contributed by atoms with Crippen molar-refractivity contribution in [2.45, 2.75) is 32.4 Å². The lowest BCUT2D eigenvalue weighted by atomic mass is 9.80. The molecule has 5 heteroatoms. The van der Waals surface area contributed by atoms with Crippen molar-refractivity contribution in [3.8, 4) is 0 Å². The van der Waals surface area contributed by atoms with E-state index in [9.17, 15) is 0 Å². The van der Waals surface area contributed by atoms with E-state index in [1.165, 1.54) is 5.56 Å². The first-order valence-electron chi connectivity index (χ1n) is 6.98. The highest BCUT2D eigenvalue weighted by atomic mass is 16.5. The smallest absolute Gasteiger partial charge is 0.423 e. The molecular weight excluding hydrogens is 241 g/mol. The average Bonchev–Trinajstić information content (AvgIpc) is 2.42. The standard InChI is InChI=1S/C14H22BNO3/c1-2-19-14-7-9-16(10-8-14)11-12-3-5-13(6-4-12)15(17)18/h3-6,14,17-18H,2,7-11H2,1H3. The van der Waals surface area contributed by atoms with Crippen molar-refractivity contribution in [3.63, 3.8) is 0 Å². The van der Waals surface area contributed by atoms with Gasteiger partial charge in [0, 0.05) is 26.2 Å². The minimum Gasteiger partial charge on any atom is -0.423 e. The molecule has 4 nitrogen and oxygen atoms in total. The van der Waals surface area contributed by atoms with Crippen LogP contribution in [0.2, 0.25) is 0 Å². The maximum atomic E-state index is 9.05. The van der Waals surface area contributed by atoms with E-state index in [1.54, 1.807) is 12.1 Å². The van der Waals surface area contributed by atoms with Gasteiger partial charge in [-0.2, -0.15) is 0 Å². The van der Waals surface area contributed by atoms with E-state index in [2.05, 4.69) is 4.90 Å². The molecule has 1 aromatic rings. The fraction of sp³-hybridized carbons (Fsp3) is 0.571. The summed E-state index contributed by atoms with van der Waals surface area (Å²) in [6.45, 7) is 5.89. The van der Waals surface area contributed by atoms with Crippen LogP contribution in [-0.4, -0.2) is 47.9 Å². The van der Waals surface area contributed by atoms with Crippen molar-refractivity contribution < 1.29 is 14.8 Å². The Morgan fingerprint density at radius 1 is 1.21 bits per heavy atom. The minimum atomic E-state index is -1.38. The van der Waals surface area contributed by atoms with E-state index in [4.69, 9.17) is 14.8 Å². The van der Waals surface area contributed by atoms with Crippen LogP contribution in [0.15, 0.2) is 24.3 Å². The molecule has 1 aliphatic rings. The predicted molar refractivity (Wildman–Crippen MR) is 76.2 cm³/mol. The summed E-state index contributed by atoms with van der Waals surface area (Å²) in [5.74, 6) is 0. The second-order valence-corrected chi connectivity index (χ2v) is 5.05. The Bertz CT molecular complexity index is 375. The van der Waals surface area contributed by atoms with E-state index >= 15 is 0 Å². The van der Waals surface area contributed by atoms with Crippen molar-refractivity contribution >= 4 is 12.6 Å². The lowest BCUT2D eigenvalue weighted by Gasteiger charge is -2.31. The molecule has 0 spiro atoms. The van der Waals surface area contributed by atoms with Crippen LogP contribution in [0.1, 0.15) is 25.3 Å². The molecule has 1 heterocycles. The molecule has 104 valence electrons. The molecular formula is C14H22BNO3. The molecule has 2 rings (SSSR count). The highest BCUT2D eigenvalue weighted by Gasteiger charge is 2.19. The van der Waals surface area contributed by atoms with Crippen LogP contribution in [0.4, 0.5) is 0 Å². The van der Waals surface area contributed by atoms with Crippen LogP contribution < -0.4 is 5.46 Å². The van der Waals surface area contributed by atoms with Crippen molar-refractivity contribution in [1.82, 2.24) is 4.90 Å². The SMILES string of the molecule is CCOC1CCN(Cc2ccc(B(O)O)cc2)CC1. The first-order valence-corrected chi connectivity index (χ1v) is 6.98. The van der Waals surface area contributed by atoms with Crippen molar-refractivity contribution in [1.29, 1.82) is 0 Å². The second kappa shape index (κ2) is 7.05. The average molecular weight is 263 g/mol. The summed E-state index contributed by atoms with van der Waals surface area (Å²) in [5, 5.41) is 18.1. The maximum absolute atomic E-state index is 9.05. The number of ether oxygens (including phenoxy) is 1. The largest absolute Gasteiger partial charge is 0.488 e. The Morgan fingerprint density at radius 2 is 1.84 bits per heavy atom. The summed E-state index contributed by atoms with van der Waals surface area (Å²) < 4.78 is 5.64. The molecule has 0 radical (unpaired) electrons. The molecule has 0 bridgehead atoms. The normalized spacial score (nSPS) is 17.6. The molecule has 0 atom stereocenters. The van der Waals surface area contributed by atoms with Gasteiger partial charge in [0.25, 0.3) is 0 Å². The van der Waals surface area contributed by atoms with Gasteiger partial charge >= 0.3 is 7.12 Å². The van der Waals surface area contributed by atoms with Crippen LogP contribution in [0.5, 0.6) is 0 Å². The molecule has 1 aromatic carbocycles. The zero-order chi connectivity index (χ0) is 13.7. The molecule has 0 unspecified atom stereocenters. The van der Waals surface area contributed by atoms with Gasteiger partial charge in [-0.15, -0.1) is 0 Å². The topological polar surface area (TPSA) is 52.9 Å². The Labute approximate surface area is 115 Å². The second-order valence-electron chi connectivity index (χ2n) is 5.05. The van der Waals surface area contributed by atoms with Crippen molar-refractivity contribution in [2.75, 3.05) is 19.7 Å². The third kappa shape index (κ3) is 4.32. The predicted octanol–water partition coefficient (Wildman–Crippen LogP) is 0.367. The first-order chi connectivity index (χ1) is 9.19. The summed E-state index contributed by atoms with van der Waals surface area (Å²) in [4.78, 5) is 2.42. The number of piperidine rings is 1. The van der Waals surface area contributed by atoms with Crippen LogP contribution in [0.25, 0.3) is 0 Å². The zero-order valence-electron chi connectivity index (χ0n) is 11.5. The molecule has 1 aliphatic heterocycles. The molecule has 0 aromatic heterocycles. The summed E-state index contributed by atoms with van der Waals surface area (Å²) in [5.41, 5.74) is 1.75. The third-order valence-corrected chi connectivity index (χ3v) is 3.62. The van der Waals surface area contributed by atoms with Crippen LogP contribution in [0.3, 0.4) is 0 Å². The summed E-state index contributed by atoms with van der Waals surface area (Å²) in [7, 11) is -1.38. The highest BCUT2D eigenvalue weighted by Crippen LogP contribution is 2.15. The molecule has 0 saturated carbocycles. The molecule has 19 heavy (non-hydrogen) atoms. The maximum Gasteiger partial charge on any atom is 0.488 e. The molecule has 1 fully saturated rings. The van der Waals surface area contributed by atoms with Gasteiger partial charge in [0.05, 0.1) is 6.10 Å². The zero-order valence-corrected chi connectivity index (χ0v) is 11.5. The first kappa shape index (κ1) is 14.5. The van der Waals surface area contributed by atoms with Gasteiger partial charge in [-0.1, -0.05) is 24.3 Å². The van der Waals surface area contributed by atoms with E-state index in [-0.39, 0.29) is 0 Å². The number of hydrogen-bond donors (Lipinski definition) is 2. The third-order valence-electron chi connectivity index (χ3n) is 3.62. The Hall–Kier alpha value is -0.875. The summed E-state index contributed by atoms with van der Waals surface area (Å²) in [6.07, 6.45) is 2.62. The fourth-order valence-electron chi connectivity index (χ4n) is 2.52. The van der Waals surface area contributed by atoms with Crippen LogP contribution in [0, 0.1) is 0 Å². The van der Waals surface area contributed by atoms with E-state index in [0.717, 1.165) is 39.1 Å². The quantitative estimate of drug-likeness (QED) is 0.753. The van der Waals surface area contributed by atoms with Crippen molar-refractivity contribution in [3.05, 3.63) is 29.8 Å².